The van der Waals surface area contributed by atoms with E-state index < -0.39 is 24.7 Å². The summed E-state index contributed by atoms with van der Waals surface area (Å²) >= 11 is 1.51. The number of ether oxygens (including phenoxy) is 2. The van der Waals surface area contributed by atoms with Crippen molar-refractivity contribution >= 4 is 46.4 Å². The molecule has 10 nitrogen and oxygen atoms in total. The summed E-state index contributed by atoms with van der Waals surface area (Å²) in [4.78, 5) is 53.6. The van der Waals surface area contributed by atoms with E-state index in [-0.39, 0.29) is 55.1 Å². The molecule has 2 aromatic heterocycles. The lowest BCUT2D eigenvalue weighted by Crippen LogP contribution is -2.45. The van der Waals surface area contributed by atoms with Gasteiger partial charge in [0.2, 0.25) is 13.3 Å². The number of hydrogen-bond acceptors (Lipinski definition) is 9. The van der Waals surface area contributed by atoms with Gasteiger partial charge in [0.25, 0.3) is 0 Å². The topological polar surface area (TPSA) is 131 Å². The van der Waals surface area contributed by atoms with Gasteiger partial charge in [0, 0.05) is 47.7 Å². The Balaban J connectivity index is 1.15. The van der Waals surface area contributed by atoms with Crippen LogP contribution in [0.1, 0.15) is 81.9 Å². The highest BCUT2D eigenvalue weighted by Gasteiger charge is 2.65. The molecule has 6 atom stereocenters. The molecule has 1 amide bonds. The normalized spacial score (nSPS) is 24.9. The maximum atomic E-state index is 15.1. The van der Waals surface area contributed by atoms with E-state index in [9.17, 15) is 14.3 Å². The molecule has 8 rings (SSSR count). The van der Waals surface area contributed by atoms with Gasteiger partial charge in [0.15, 0.2) is 10.9 Å². The largest absolute Gasteiger partial charge is 0.497 e. The van der Waals surface area contributed by atoms with E-state index in [1.165, 1.54) is 11.3 Å². The van der Waals surface area contributed by atoms with Gasteiger partial charge in [-0.25, -0.2) is 9.97 Å². The van der Waals surface area contributed by atoms with Gasteiger partial charge in [-0.1, -0.05) is 85.2 Å². The van der Waals surface area contributed by atoms with E-state index in [4.69, 9.17) is 19.4 Å². The number of aromatic nitrogens is 2. The number of benzene rings is 3. The highest BCUT2D eigenvalue weighted by Crippen LogP contribution is 2.74. The van der Waals surface area contributed by atoms with Gasteiger partial charge >= 0.3 is 0 Å². The second-order valence-electron chi connectivity index (χ2n) is 17.6. The van der Waals surface area contributed by atoms with Crippen molar-refractivity contribution in [3.05, 3.63) is 113 Å². The van der Waals surface area contributed by atoms with Gasteiger partial charge in [-0.15, -0.1) is 11.3 Å². The number of fused-ring (bicyclic) bond motifs is 3. The molecule has 1 aliphatic carbocycles. The maximum absolute atomic E-state index is 15.1. The predicted octanol–water partition coefficient (Wildman–Crippen LogP) is 10.4. The molecule has 1 saturated carbocycles. The van der Waals surface area contributed by atoms with Gasteiger partial charge in [-0.2, -0.15) is 0 Å². The number of carbonyl (C=O) groups excluding carboxylic acids is 2. The number of hydrogen-bond donors (Lipinski definition) is 2. The summed E-state index contributed by atoms with van der Waals surface area (Å²) in [5, 5.41) is 5.81. The monoisotopic (exact) mass is 860 g/mol. The minimum atomic E-state index is -3.89. The summed E-state index contributed by atoms with van der Waals surface area (Å²) in [6, 6.07) is 24.7. The third-order valence-electron chi connectivity index (χ3n) is 12.6. The van der Waals surface area contributed by atoms with Crippen LogP contribution in [-0.2, 0) is 26.7 Å². The number of thiazole rings is 1. The van der Waals surface area contributed by atoms with Crippen LogP contribution in [0, 0.1) is 18.8 Å². The number of nitrogens with zero attached hydrogens (tertiary/aromatic N) is 3. The summed E-state index contributed by atoms with van der Waals surface area (Å²) in [5.74, 6) is 0.467. The Morgan fingerprint density at radius 3 is 2.59 bits per heavy atom. The third-order valence-corrected chi connectivity index (χ3v) is 16.2. The van der Waals surface area contributed by atoms with Crippen LogP contribution in [0.25, 0.3) is 22.3 Å². The number of allylic oxidation sites excluding steroid dienone is 2. The Bertz CT molecular complexity index is 2450. The van der Waals surface area contributed by atoms with Crippen molar-refractivity contribution in [1.29, 1.82) is 0 Å². The molecule has 12 heteroatoms. The minimum absolute atomic E-state index is 0.000672. The number of anilines is 1. The van der Waals surface area contributed by atoms with Crippen LogP contribution in [-0.4, -0.2) is 68.4 Å². The van der Waals surface area contributed by atoms with Crippen molar-refractivity contribution in [1.82, 2.24) is 14.9 Å². The Labute approximate surface area is 363 Å². The van der Waals surface area contributed by atoms with E-state index in [1.807, 2.05) is 66.0 Å². The van der Waals surface area contributed by atoms with E-state index in [0.717, 1.165) is 52.9 Å². The summed E-state index contributed by atoms with van der Waals surface area (Å²) < 4.78 is 27.1. The molecule has 4 heterocycles. The molecule has 2 N–H and O–H groups in total. The van der Waals surface area contributed by atoms with Crippen molar-refractivity contribution in [2.45, 2.75) is 108 Å². The number of pyridine rings is 1. The van der Waals surface area contributed by atoms with Crippen LogP contribution in [0.15, 0.2) is 96.4 Å². The van der Waals surface area contributed by atoms with E-state index in [0.29, 0.717) is 47.7 Å². The summed E-state index contributed by atoms with van der Waals surface area (Å²) in [6.07, 6.45) is 9.29. The fourth-order valence-electron chi connectivity index (χ4n) is 9.31. The molecule has 1 saturated heterocycles. The van der Waals surface area contributed by atoms with Crippen LogP contribution < -0.4 is 14.8 Å². The average molecular weight is 861 g/mol. The fourth-order valence-corrected chi connectivity index (χ4v) is 12.7. The molecule has 2 unspecified atom stereocenters. The first-order valence-electron chi connectivity index (χ1n) is 21.7. The van der Waals surface area contributed by atoms with E-state index in [1.54, 1.807) is 12.0 Å². The van der Waals surface area contributed by atoms with Crippen LogP contribution in [0.2, 0.25) is 0 Å². The first kappa shape index (κ1) is 42.8. The Kier molecular flexibility index (Phi) is 12.8. The van der Waals surface area contributed by atoms with Gasteiger partial charge in [-0.05, 0) is 82.1 Å². The second kappa shape index (κ2) is 18.3. The molecule has 3 aromatic carbocycles. The van der Waals surface area contributed by atoms with Gasteiger partial charge in [-0.3, -0.25) is 14.2 Å². The van der Waals surface area contributed by atoms with Crippen molar-refractivity contribution in [3.8, 4) is 22.9 Å². The van der Waals surface area contributed by atoms with Crippen molar-refractivity contribution in [2.75, 3.05) is 19.0 Å². The Hall–Kier alpha value is -4.83. The van der Waals surface area contributed by atoms with Crippen LogP contribution in [0.5, 0.6) is 11.5 Å². The standard InChI is InChI=1S/C49H57N4O6PS/c1-32(2)50-48-52-43(31-61-48)42-26-46(40-21-20-38(58-4)24-41(40)51-42)59-39-25-44-45(54)28-49(60(56,57)30-34-15-9-8-10-16-34)27-37(49)19-12-7-5-6-11-18-36(47(55)53(44)29-39)23-35-17-13-14-33(3)22-35/h8-10,12-17,19-22,24,26,31-32,36-37,39,44H,5-7,11,18,23,25,27-30H2,1-4H3,(H,50,52)(H,56,57)/b19-12-/t36?,37-,39+,44-,49+/m0/s1. The number of aryl methyl sites for hydroxylation is 1. The van der Waals surface area contributed by atoms with Crippen LogP contribution in [0.3, 0.4) is 0 Å². The average Bonchev–Trinajstić information content (AvgIpc) is 3.51. The number of Topliss-reactive ketones (excluding diaryl/α,β-unsaturated/α-hetero) is 1. The van der Waals surface area contributed by atoms with Crippen molar-refractivity contribution in [3.63, 3.8) is 0 Å². The number of nitrogens with one attached hydrogen (secondary N) is 1. The van der Waals surface area contributed by atoms with Gasteiger partial charge in [0.05, 0.1) is 42.2 Å². The Morgan fingerprint density at radius 2 is 1.80 bits per heavy atom. The smallest absolute Gasteiger partial charge is 0.226 e. The lowest BCUT2D eigenvalue weighted by molar-refractivity contribution is -0.141. The molecule has 3 aliphatic rings. The number of methoxy groups -OCH3 is 1. The van der Waals surface area contributed by atoms with Crippen LogP contribution in [0.4, 0.5) is 5.13 Å². The number of amides is 1. The molecule has 61 heavy (non-hydrogen) atoms. The number of rotatable bonds is 11. The highest BCUT2D eigenvalue weighted by molar-refractivity contribution is 7.59. The second-order valence-corrected chi connectivity index (χ2v) is 21.0. The number of carbonyl (C=O) groups is 2. The molecule has 320 valence electrons. The third kappa shape index (κ3) is 9.64. The molecular formula is C49H57N4O6PS. The SMILES string of the molecule is COc1ccc2c(O[C@@H]3C[C@H]4C(=O)C[C@]5(P(=O)(O)Cc6ccccc6)C[C@@H]5/C=C\CCCCCC(Cc5cccc(C)c5)C(=O)N4C3)cc(-c3csc(NC(C)C)n3)nc2c1. The first-order valence-corrected chi connectivity index (χ1v) is 24.4. The molecule has 0 radical (unpaired) electrons. The maximum Gasteiger partial charge on any atom is 0.226 e. The van der Waals surface area contributed by atoms with Crippen LogP contribution >= 0.6 is 18.7 Å². The molecule has 0 spiro atoms. The lowest BCUT2D eigenvalue weighted by Gasteiger charge is -2.30. The molecule has 2 fully saturated rings. The van der Waals surface area contributed by atoms with E-state index >= 15 is 4.79 Å². The molecular weight excluding hydrogens is 804 g/mol. The predicted molar refractivity (Wildman–Crippen MR) is 244 cm³/mol. The Morgan fingerprint density at radius 1 is 0.984 bits per heavy atom. The minimum Gasteiger partial charge on any atom is -0.497 e. The first-order chi connectivity index (χ1) is 29.4. The zero-order chi connectivity index (χ0) is 42.7. The molecule has 0 bridgehead atoms. The zero-order valence-corrected chi connectivity index (χ0v) is 37.3. The summed E-state index contributed by atoms with van der Waals surface area (Å²) in [5.41, 5.74) is 5.01. The van der Waals surface area contributed by atoms with Gasteiger partial charge in [0.1, 0.15) is 23.3 Å². The molecule has 2 aliphatic heterocycles. The quantitative estimate of drug-likeness (QED) is 0.0984. The van der Waals surface area contributed by atoms with Crippen molar-refractivity contribution < 1.29 is 28.5 Å². The summed E-state index contributed by atoms with van der Waals surface area (Å²) in [7, 11) is -2.27. The van der Waals surface area contributed by atoms with Crippen molar-refractivity contribution in [2.24, 2.45) is 11.8 Å². The zero-order valence-electron chi connectivity index (χ0n) is 35.6. The lowest BCUT2D eigenvalue weighted by atomic mass is 9.91. The van der Waals surface area contributed by atoms with Gasteiger partial charge < -0.3 is 24.6 Å². The fraction of sp³-hybridized carbons (Fsp3) is 0.429. The molecule has 5 aromatic rings. The number of ketones is 1. The highest BCUT2D eigenvalue weighted by atomic mass is 32.1. The summed E-state index contributed by atoms with van der Waals surface area (Å²) in [6.45, 7) is 6.41. The van der Waals surface area contributed by atoms with E-state index in [2.05, 4.69) is 56.4 Å².